The van der Waals surface area contributed by atoms with E-state index in [1.807, 2.05) is 51.7 Å². The molecule has 4 heteroatoms. The Kier molecular flexibility index (Phi) is 4.45. The van der Waals surface area contributed by atoms with Gasteiger partial charge in [0.05, 0.1) is 17.8 Å². The molecule has 0 spiro atoms. The summed E-state index contributed by atoms with van der Waals surface area (Å²) in [5.41, 5.74) is 3.42. The van der Waals surface area contributed by atoms with Crippen molar-refractivity contribution in [2.24, 2.45) is 7.05 Å². The molecule has 0 radical (unpaired) electrons. The van der Waals surface area contributed by atoms with Crippen LogP contribution in [0.5, 0.6) is 5.75 Å². The van der Waals surface area contributed by atoms with Gasteiger partial charge in [-0.25, -0.2) is 0 Å². The minimum absolute atomic E-state index is 0.124. The molecule has 0 bridgehead atoms. The van der Waals surface area contributed by atoms with Crippen LogP contribution in [-0.2, 0) is 7.05 Å². The van der Waals surface area contributed by atoms with Crippen LogP contribution in [0.1, 0.15) is 36.7 Å². The van der Waals surface area contributed by atoms with Crippen molar-refractivity contribution in [2.45, 2.75) is 32.9 Å². The van der Waals surface area contributed by atoms with E-state index in [2.05, 4.69) is 28.7 Å². The van der Waals surface area contributed by atoms with E-state index in [0.717, 1.165) is 11.4 Å². The standard InChI is InChI=1S/C16H23N3O/c1-11(2)20-14-8-6-7-13(9-14)16(17-4)15-10-19(5)18-12(15)3/h6-11,16-17H,1-5H3. The number of hydrogen-bond acceptors (Lipinski definition) is 3. The Morgan fingerprint density at radius 1 is 1.30 bits per heavy atom. The van der Waals surface area contributed by atoms with Crippen LogP contribution in [0, 0.1) is 6.92 Å². The van der Waals surface area contributed by atoms with Crippen LogP contribution >= 0.6 is 0 Å². The van der Waals surface area contributed by atoms with Gasteiger partial charge < -0.3 is 10.1 Å². The van der Waals surface area contributed by atoms with Gasteiger partial charge >= 0.3 is 0 Å². The zero-order valence-corrected chi connectivity index (χ0v) is 12.8. The average Bonchev–Trinajstić information content (AvgIpc) is 2.69. The highest BCUT2D eigenvalue weighted by Gasteiger charge is 2.17. The highest BCUT2D eigenvalue weighted by molar-refractivity contribution is 5.37. The SMILES string of the molecule is CNC(c1cccc(OC(C)C)c1)c1cn(C)nc1C. The van der Waals surface area contributed by atoms with E-state index >= 15 is 0 Å². The van der Waals surface area contributed by atoms with E-state index in [-0.39, 0.29) is 12.1 Å². The first-order chi connectivity index (χ1) is 9.51. The van der Waals surface area contributed by atoms with Gasteiger partial charge in [-0.2, -0.15) is 5.10 Å². The number of aryl methyl sites for hydroxylation is 2. The van der Waals surface area contributed by atoms with Crippen molar-refractivity contribution in [1.29, 1.82) is 0 Å². The molecule has 1 N–H and O–H groups in total. The van der Waals surface area contributed by atoms with E-state index in [4.69, 9.17) is 4.74 Å². The predicted molar refractivity (Wildman–Crippen MR) is 81.1 cm³/mol. The summed E-state index contributed by atoms with van der Waals surface area (Å²) in [6.07, 6.45) is 2.24. The highest BCUT2D eigenvalue weighted by atomic mass is 16.5. The van der Waals surface area contributed by atoms with Crippen molar-refractivity contribution in [3.63, 3.8) is 0 Å². The maximum absolute atomic E-state index is 5.77. The van der Waals surface area contributed by atoms with E-state index in [9.17, 15) is 0 Å². The Balaban J connectivity index is 2.34. The van der Waals surface area contributed by atoms with Gasteiger partial charge in [-0.05, 0) is 45.5 Å². The zero-order valence-electron chi connectivity index (χ0n) is 12.8. The molecule has 108 valence electrons. The lowest BCUT2D eigenvalue weighted by molar-refractivity contribution is 0.242. The van der Waals surface area contributed by atoms with E-state index in [1.54, 1.807) is 0 Å². The minimum Gasteiger partial charge on any atom is -0.491 e. The van der Waals surface area contributed by atoms with Crippen molar-refractivity contribution < 1.29 is 4.74 Å². The second-order valence-electron chi connectivity index (χ2n) is 5.30. The molecular weight excluding hydrogens is 250 g/mol. The third-order valence-electron chi connectivity index (χ3n) is 3.21. The normalized spacial score (nSPS) is 12.7. The van der Waals surface area contributed by atoms with Crippen molar-refractivity contribution in [2.75, 3.05) is 7.05 Å². The van der Waals surface area contributed by atoms with Crippen LogP contribution in [0.4, 0.5) is 0 Å². The molecule has 0 fully saturated rings. The van der Waals surface area contributed by atoms with Crippen molar-refractivity contribution in [1.82, 2.24) is 15.1 Å². The lowest BCUT2D eigenvalue weighted by Crippen LogP contribution is -2.18. The molecule has 4 nitrogen and oxygen atoms in total. The molecule has 2 aromatic rings. The number of aromatic nitrogens is 2. The van der Waals surface area contributed by atoms with Gasteiger partial charge in [0.2, 0.25) is 0 Å². The molecule has 1 atom stereocenters. The molecular formula is C16H23N3O. The fraction of sp³-hybridized carbons (Fsp3) is 0.438. The Morgan fingerprint density at radius 2 is 2.05 bits per heavy atom. The van der Waals surface area contributed by atoms with E-state index < -0.39 is 0 Å². The molecule has 1 aromatic heterocycles. The smallest absolute Gasteiger partial charge is 0.120 e. The lowest BCUT2D eigenvalue weighted by Gasteiger charge is -2.18. The Labute approximate surface area is 120 Å². The molecule has 20 heavy (non-hydrogen) atoms. The lowest BCUT2D eigenvalue weighted by atomic mass is 9.99. The van der Waals surface area contributed by atoms with Crippen LogP contribution < -0.4 is 10.1 Å². The molecule has 0 saturated heterocycles. The van der Waals surface area contributed by atoms with Crippen LogP contribution in [-0.4, -0.2) is 22.9 Å². The fourth-order valence-corrected chi connectivity index (χ4v) is 2.44. The Hall–Kier alpha value is -1.81. The third-order valence-corrected chi connectivity index (χ3v) is 3.21. The summed E-state index contributed by atoms with van der Waals surface area (Å²) in [5, 5.41) is 7.78. The molecule has 1 unspecified atom stereocenters. The second kappa shape index (κ2) is 6.09. The molecule has 0 amide bonds. The maximum Gasteiger partial charge on any atom is 0.120 e. The van der Waals surface area contributed by atoms with Gasteiger partial charge in [0, 0.05) is 18.8 Å². The molecule has 0 aliphatic carbocycles. The highest BCUT2D eigenvalue weighted by Crippen LogP contribution is 2.27. The summed E-state index contributed by atoms with van der Waals surface area (Å²) in [4.78, 5) is 0. The second-order valence-corrected chi connectivity index (χ2v) is 5.30. The minimum atomic E-state index is 0.124. The van der Waals surface area contributed by atoms with Crippen LogP contribution in [0.3, 0.4) is 0 Å². The van der Waals surface area contributed by atoms with E-state index in [0.29, 0.717) is 0 Å². The van der Waals surface area contributed by atoms with Gasteiger partial charge in [0.15, 0.2) is 0 Å². The Bertz CT molecular complexity index is 575. The number of ether oxygens (including phenoxy) is 1. The molecule has 2 rings (SSSR count). The summed E-state index contributed by atoms with van der Waals surface area (Å²) >= 11 is 0. The van der Waals surface area contributed by atoms with Crippen molar-refractivity contribution >= 4 is 0 Å². The number of nitrogens with one attached hydrogen (secondary N) is 1. The van der Waals surface area contributed by atoms with E-state index in [1.165, 1.54) is 11.1 Å². The number of rotatable bonds is 5. The summed E-state index contributed by atoms with van der Waals surface area (Å²) in [6.45, 7) is 6.11. The molecule has 0 aliphatic heterocycles. The van der Waals surface area contributed by atoms with Gasteiger partial charge in [-0.15, -0.1) is 0 Å². The van der Waals surface area contributed by atoms with Crippen LogP contribution in [0.15, 0.2) is 30.5 Å². The van der Waals surface area contributed by atoms with Gasteiger partial charge in [0.1, 0.15) is 5.75 Å². The largest absolute Gasteiger partial charge is 0.491 e. The summed E-state index contributed by atoms with van der Waals surface area (Å²) in [7, 11) is 3.91. The topological polar surface area (TPSA) is 39.1 Å². The summed E-state index contributed by atoms with van der Waals surface area (Å²) in [5.74, 6) is 0.902. The number of hydrogen-bond donors (Lipinski definition) is 1. The Morgan fingerprint density at radius 3 is 2.60 bits per heavy atom. The average molecular weight is 273 g/mol. The molecule has 0 saturated carbocycles. The van der Waals surface area contributed by atoms with Gasteiger partial charge in [-0.3, -0.25) is 4.68 Å². The first-order valence-electron chi connectivity index (χ1n) is 6.95. The molecule has 0 aliphatic rings. The van der Waals surface area contributed by atoms with Gasteiger partial charge in [0.25, 0.3) is 0 Å². The zero-order chi connectivity index (χ0) is 14.7. The first kappa shape index (κ1) is 14.6. The van der Waals surface area contributed by atoms with Crippen LogP contribution in [0.25, 0.3) is 0 Å². The maximum atomic E-state index is 5.77. The predicted octanol–water partition coefficient (Wildman–Crippen LogP) is 2.82. The first-order valence-corrected chi connectivity index (χ1v) is 6.95. The van der Waals surface area contributed by atoms with Crippen molar-refractivity contribution in [3.8, 4) is 5.75 Å². The van der Waals surface area contributed by atoms with Gasteiger partial charge in [-0.1, -0.05) is 12.1 Å². The number of nitrogens with zero attached hydrogens (tertiary/aromatic N) is 2. The summed E-state index contributed by atoms with van der Waals surface area (Å²) < 4.78 is 7.62. The van der Waals surface area contributed by atoms with Crippen LogP contribution in [0.2, 0.25) is 0 Å². The monoisotopic (exact) mass is 273 g/mol. The quantitative estimate of drug-likeness (QED) is 0.910. The fourth-order valence-electron chi connectivity index (χ4n) is 2.44. The number of benzene rings is 1. The third kappa shape index (κ3) is 3.20. The molecule has 1 heterocycles. The van der Waals surface area contributed by atoms with Crippen molar-refractivity contribution in [3.05, 3.63) is 47.3 Å². The summed E-state index contributed by atoms with van der Waals surface area (Å²) in [6, 6.07) is 8.35. The molecule has 1 aromatic carbocycles.